The zero-order valence-corrected chi connectivity index (χ0v) is 34.1. The molecule has 1 radical (unpaired) electrons. The Kier molecular flexibility index (Phi) is 13.5. The minimum atomic E-state index is -0.278. The van der Waals surface area contributed by atoms with Crippen molar-refractivity contribution < 1.29 is 34.7 Å². The van der Waals surface area contributed by atoms with Gasteiger partial charge in [-0.15, -0.1) is 17.5 Å². The summed E-state index contributed by atoms with van der Waals surface area (Å²) in [5, 5.41) is 14.7. The van der Waals surface area contributed by atoms with E-state index in [9.17, 15) is 9.90 Å². The van der Waals surface area contributed by atoms with E-state index in [0.29, 0.717) is 0 Å². The first-order valence-electron chi connectivity index (χ1n) is 19.0. The fraction of sp³-hybridized carbons (Fsp3) is 0.511. The molecule has 0 unspecified atom stereocenters. The number of carbonyl (C=O) groups is 1. The van der Waals surface area contributed by atoms with Crippen molar-refractivity contribution in [3.05, 3.63) is 77.7 Å². The molecular weight excluding hydrogens is 795 g/mol. The van der Waals surface area contributed by atoms with Gasteiger partial charge in [0.1, 0.15) is 5.75 Å². The zero-order chi connectivity index (χ0) is 35.3. The number of fused-ring (bicyclic) bond motifs is 3. The Bertz CT molecular complexity index is 1790. The fourth-order valence-electron chi connectivity index (χ4n) is 8.07. The summed E-state index contributed by atoms with van der Waals surface area (Å²) in [5.41, 5.74) is 4.54. The van der Waals surface area contributed by atoms with E-state index in [4.69, 9.17) is 9.72 Å². The Morgan fingerprint density at radius 2 is 1.66 bits per heavy atom. The minimum absolute atomic E-state index is 0. The third-order valence-corrected chi connectivity index (χ3v) is 11.3. The molecule has 4 aromatic rings. The molecule has 1 N–H and O–H groups in total. The van der Waals surface area contributed by atoms with Crippen LogP contribution in [0.1, 0.15) is 124 Å². The van der Waals surface area contributed by atoms with Crippen molar-refractivity contribution in [1.82, 2.24) is 4.98 Å². The molecule has 0 amide bonds. The van der Waals surface area contributed by atoms with Gasteiger partial charge in [0.2, 0.25) is 0 Å². The maximum atomic E-state index is 12.3. The number of benzene rings is 3. The molecule has 1 aromatic heterocycles. The Labute approximate surface area is 314 Å². The van der Waals surface area contributed by atoms with E-state index >= 15 is 0 Å². The van der Waals surface area contributed by atoms with Gasteiger partial charge in [-0.1, -0.05) is 122 Å². The molecule has 0 spiro atoms. The largest absolute Gasteiger partial charge is 0.512 e. The predicted molar refractivity (Wildman–Crippen MR) is 206 cm³/mol. The molecule has 1 aliphatic heterocycles. The molecule has 271 valence electrons. The van der Waals surface area contributed by atoms with Gasteiger partial charge in [0.25, 0.3) is 0 Å². The second kappa shape index (κ2) is 17.0. The summed E-state index contributed by atoms with van der Waals surface area (Å²) in [5.74, 6) is 3.20. The third kappa shape index (κ3) is 8.54. The normalized spacial score (nSPS) is 14.6. The molecule has 1 aliphatic carbocycles. The van der Waals surface area contributed by atoms with E-state index in [0.717, 1.165) is 84.4 Å². The Balaban J connectivity index is 0.000000269. The SMILES string of the molecule is CC(C)(C)Cc1c2c([c-]c3ccccc13)-c1nccc3cc(CC4CCCC4)cc(c13)O2.CCC(CC)/C(O)=C/C(=O)C(CC)(CC)CC.[Ir]. The second-order valence-electron chi connectivity index (χ2n) is 15.7. The van der Waals surface area contributed by atoms with Gasteiger partial charge in [-0.2, -0.15) is 0 Å². The quantitative estimate of drug-likeness (QED) is 0.0817. The van der Waals surface area contributed by atoms with Crippen LogP contribution in [0.4, 0.5) is 0 Å². The van der Waals surface area contributed by atoms with Crippen LogP contribution in [0.3, 0.4) is 0 Å². The second-order valence-corrected chi connectivity index (χ2v) is 15.7. The standard InChI is InChI=1S/C30H30NO.C15H28O2.Ir/c1-30(2,3)18-25-23-11-7-6-10-21(23)17-24-28-27-22(12-13-31-28)15-20(14-19-8-4-5-9-19)16-26(27)32-29(24)25;1-6-12(7-2)13(16)11-14(17)15(8-3,9-4)10-5;/h6-7,10-13,15-16,19H,4-5,8-9,14,18H2,1-3H3;11-12,16H,6-10H2,1-5H3;/q-1;;/b;13-11-;. The number of hydrogen-bond acceptors (Lipinski definition) is 4. The van der Waals surface area contributed by atoms with Crippen LogP contribution < -0.4 is 4.74 Å². The van der Waals surface area contributed by atoms with Crippen LogP contribution in [-0.4, -0.2) is 15.9 Å². The molecule has 0 saturated heterocycles. The Morgan fingerprint density at radius 3 is 2.28 bits per heavy atom. The maximum absolute atomic E-state index is 12.3. The van der Waals surface area contributed by atoms with Gasteiger partial charge in [-0.05, 0) is 79.4 Å². The molecule has 0 bridgehead atoms. The van der Waals surface area contributed by atoms with Crippen molar-refractivity contribution in [3.8, 4) is 22.8 Å². The van der Waals surface area contributed by atoms with Crippen LogP contribution in [0, 0.1) is 28.7 Å². The molecular formula is C45H58IrNO3-. The van der Waals surface area contributed by atoms with Gasteiger partial charge < -0.3 is 9.84 Å². The van der Waals surface area contributed by atoms with Crippen molar-refractivity contribution >= 4 is 27.3 Å². The molecule has 4 nitrogen and oxygen atoms in total. The number of hydrogen-bond donors (Lipinski definition) is 1. The summed E-state index contributed by atoms with van der Waals surface area (Å²) in [7, 11) is 0. The van der Waals surface area contributed by atoms with Crippen LogP contribution in [0.25, 0.3) is 32.8 Å². The molecule has 3 aromatic carbocycles. The summed E-state index contributed by atoms with van der Waals surface area (Å²) in [6.07, 6.45) is 15.3. The van der Waals surface area contributed by atoms with E-state index in [2.05, 4.69) is 69.3 Å². The van der Waals surface area contributed by atoms with Gasteiger partial charge in [-0.3, -0.25) is 9.78 Å². The fourth-order valence-corrected chi connectivity index (χ4v) is 8.07. The minimum Gasteiger partial charge on any atom is -0.512 e. The summed E-state index contributed by atoms with van der Waals surface area (Å²) >= 11 is 0. The molecule has 50 heavy (non-hydrogen) atoms. The van der Waals surface area contributed by atoms with Crippen LogP contribution in [-0.2, 0) is 37.7 Å². The van der Waals surface area contributed by atoms with Crippen LogP contribution in [0.2, 0.25) is 0 Å². The molecule has 6 rings (SSSR count). The summed E-state index contributed by atoms with van der Waals surface area (Å²) in [4.78, 5) is 17.1. The molecule has 1 saturated carbocycles. The first-order chi connectivity index (χ1) is 23.5. The van der Waals surface area contributed by atoms with Crippen LogP contribution >= 0.6 is 0 Å². The topological polar surface area (TPSA) is 59.4 Å². The predicted octanol–water partition coefficient (Wildman–Crippen LogP) is 12.9. The van der Waals surface area contributed by atoms with Crippen LogP contribution in [0.15, 0.2) is 60.5 Å². The maximum Gasteiger partial charge on any atom is 0.165 e. The number of carbonyl (C=O) groups excluding carboxylic acids is 1. The Hall–Kier alpha value is -3.01. The van der Waals surface area contributed by atoms with E-state index in [1.54, 1.807) is 0 Å². The van der Waals surface area contributed by atoms with Gasteiger partial charge in [0, 0.05) is 54.8 Å². The van der Waals surface area contributed by atoms with Crippen molar-refractivity contribution in [2.45, 2.75) is 126 Å². The van der Waals surface area contributed by atoms with E-state index in [1.807, 2.05) is 40.8 Å². The van der Waals surface area contributed by atoms with Crippen molar-refractivity contribution in [2.75, 3.05) is 0 Å². The smallest absolute Gasteiger partial charge is 0.165 e. The average Bonchev–Trinajstić information content (AvgIpc) is 3.59. The van der Waals surface area contributed by atoms with Crippen molar-refractivity contribution in [2.24, 2.45) is 22.7 Å². The number of nitrogens with zero attached hydrogens (tertiary/aromatic N) is 1. The van der Waals surface area contributed by atoms with E-state index in [1.165, 1.54) is 53.7 Å². The summed E-state index contributed by atoms with van der Waals surface area (Å²) < 4.78 is 6.77. The molecule has 1 fully saturated rings. The van der Waals surface area contributed by atoms with Gasteiger partial charge >= 0.3 is 0 Å². The monoisotopic (exact) mass is 853 g/mol. The number of aliphatic hydroxyl groups is 1. The van der Waals surface area contributed by atoms with E-state index < -0.39 is 0 Å². The average molecular weight is 853 g/mol. The van der Waals surface area contributed by atoms with E-state index in [-0.39, 0.29) is 48.4 Å². The number of ether oxygens (including phenoxy) is 1. The third-order valence-electron chi connectivity index (χ3n) is 11.3. The summed E-state index contributed by atoms with van der Waals surface area (Å²) in [6.45, 7) is 17.1. The molecule has 5 heteroatoms. The number of pyridine rings is 1. The van der Waals surface area contributed by atoms with Gasteiger partial charge in [0.15, 0.2) is 5.78 Å². The summed E-state index contributed by atoms with van der Waals surface area (Å²) in [6, 6.07) is 19.0. The van der Waals surface area contributed by atoms with Gasteiger partial charge in [-0.25, -0.2) is 0 Å². The molecule has 2 aliphatic rings. The number of aliphatic hydroxyl groups excluding tert-OH is 1. The first-order valence-corrected chi connectivity index (χ1v) is 19.0. The van der Waals surface area contributed by atoms with Gasteiger partial charge in [0.05, 0.1) is 11.5 Å². The molecule has 0 atom stereocenters. The number of allylic oxidation sites excluding steroid dienone is 2. The Morgan fingerprint density at radius 1 is 1.00 bits per heavy atom. The number of aromatic nitrogens is 1. The first kappa shape index (κ1) is 39.8. The number of ketones is 1. The molecule has 2 heterocycles. The van der Waals surface area contributed by atoms with Crippen molar-refractivity contribution in [1.29, 1.82) is 0 Å². The van der Waals surface area contributed by atoms with Crippen molar-refractivity contribution in [3.63, 3.8) is 0 Å². The van der Waals surface area contributed by atoms with Crippen LogP contribution in [0.5, 0.6) is 11.5 Å². The number of rotatable bonds is 11. The zero-order valence-electron chi connectivity index (χ0n) is 31.7.